The van der Waals surface area contributed by atoms with Gasteiger partial charge in [0.15, 0.2) is 5.75 Å². The fourth-order valence-corrected chi connectivity index (χ4v) is 8.60. The minimum Gasteiger partial charge on any atom is -0.744 e. The van der Waals surface area contributed by atoms with Crippen molar-refractivity contribution in [2.45, 2.75) is 94.6 Å². The molecule has 1 unspecified atom stereocenters. The first-order valence-corrected chi connectivity index (χ1v) is 25.0. The number of nitrogens with zero attached hydrogens (tertiary/aromatic N) is 2. The van der Waals surface area contributed by atoms with Gasteiger partial charge in [0, 0.05) is 23.6 Å². The molecule has 19 nitrogen and oxygen atoms in total. The number of azo groups is 1. The van der Waals surface area contributed by atoms with Crippen LogP contribution in [0, 0.1) is 0 Å². The first-order chi connectivity index (χ1) is 31.1. The molecule has 0 radical (unpaired) electrons. The minimum atomic E-state index is -5.41. The van der Waals surface area contributed by atoms with E-state index in [-0.39, 0.29) is 117 Å². The molecule has 5 aromatic rings. The molecule has 0 saturated heterocycles. The number of benzene rings is 5. The van der Waals surface area contributed by atoms with Crippen LogP contribution in [0.2, 0.25) is 0 Å². The summed E-state index contributed by atoms with van der Waals surface area (Å²) in [5, 5.41) is 32.6. The van der Waals surface area contributed by atoms with Crippen LogP contribution in [-0.2, 0) is 55.0 Å². The number of carbonyl (C=O) groups is 2. The van der Waals surface area contributed by atoms with E-state index in [2.05, 4.69) is 41.6 Å². The summed E-state index contributed by atoms with van der Waals surface area (Å²) in [7, 11) is -15.0. The molecule has 2 amide bonds. The summed E-state index contributed by atoms with van der Waals surface area (Å²) in [5.74, 6) is -2.81. The van der Waals surface area contributed by atoms with E-state index < -0.39 is 86.5 Å². The van der Waals surface area contributed by atoms with E-state index in [0.29, 0.717) is 12.5 Å². The van der Waals surface area contributed by atoms with Crippen LogP contribution < -0.4 is 79.2 Å². The number of phenolic OH excluding ortho intramolecular Hbond substituents is 2. The summed E-state index contributed by atoms with van der Waals surface area (Å²) in [6, 6.07) is 18.8. The summed E-state index contributed by atoms with van der Waals surface area (Å²) in [6.07, 6.45) is -0.539. The van der Waals surface area contributed by atoms with Gasteiger partial charge in [-0.3, -0.25) is 9.59 Å². The summed E-state index contributed by atoms with van der Waals surface area (Å²) in [6.45, 7) is 13.2. The Morgan fingerprint density at radius 2 is 1.39 bits per heavy atom. The van der Waals surface area contributed by atoms with E-state index in [0.717, 1.165) is 36.6 Å². The van der Waals surface area contributed by atoms with Crippen LogP contribution >= 0.6 is 0 Å². The van der Waals surface area contributed by atoms with Crippen molar-refractivity contribution in [3.63, 3.8) is 0 Å². The van der Waals surface area contributed by atoms with E-state index in [9.17, 15) is 54.2 Å². The first-order valence-electron chi connectivity index (χ1n) is 20.6. The van der Waals surface area contributed by atoms with E-state index in [1.165, 1.54) is 48.5 Å². The molecule has 0 fully saturated rings. The van der Waals surface area contributed by atoms with Gasteiger partial charge in [0.2, 0.25) is 5.91 Å². The summed E-state index contributed by atoms with van der Waals surface area (Å²) < 4.78 is 116. The summed E-state index contributed by atoms with van der Waals surface area (Å²) in [5.41, 5.74) is 0.207. The third-order valence-corrected chi connectivity index (χ3v) is 13.9. The van der Waals surface area contributed by atoms with Crippen molar-refractivity contribution in [1.82, 2.24) is 0 Å². The van der Waals surface area contributed by atoms with Crippen molar-refractivity contribution in [2.24, 2.45) is 10.2 Å². The number of aromatic hydroxyl groups is 2. The number of amides is 2. The van der Waals surface area contributed by atoms with Gasteiger partial charge < -0.3 is 39.4 Å². The monoisotopic (exact) mass is 1030 g/mol. The molecule has 24 heteroatoms. The second kappa shape index (κ2) is 23.8. The molecule has 0 aliphatic carbocycles. The Balaban J connectivity index is 0.00000630. The van der Waals surface area contributed by atoms with E-state index in [1.54, 1.807) is 6.07 Å². The molecule has 0 aliphatic heterocycles. The van der Waals surface area contributed by atoms with Crippen molar-refractivity contribution in [3.8, 4) is 23.0 Å². The third kappa shape index (κ3) is 15.7. The fourth-order valence-electron chi connectivity index (χ4n) is 6.46. The molecule has 0 aliphatic rings. The van der Waals surface area contributed by atoms with Crippen molar-refractivity contribution in [2.75, 3.05) is 23.0 Å². The maximum absolute atomic E-state index is 13.6. The van der Waals surface area contributed by atoms with Crippen molar-refractivity contribution in [3.05, 3.63) is 96.1 Å². The quantitative estimate of drug-likeness (QED) is 0.0165. The molecule has 0 aromatic heterocycles. The van der Waals surface area contributed by atoms with Gasteiger partial charge in [-0.05, 0) is 114 Å². The molecule has 360 valence electrons. The second-order valence-electron chi connectivity index (χ2n) is 16.7. The maximum Gasteiger partial charge on any atom is 1.00 e. The number of hydrogen-bond donors (Lipinski definition) is 4. The number of nitrogens with one attached hydrogen (secondary N) is 2. The topological polar surface area (TPSA) is 300 Å². The number of carbonyl (C=O) groups excluding carboxylic acids is 2. The van der Waals surface area contributed by atoms with Crippen LogP contribution in [0.25, 0.3) is 10.8 Å². The first kappa shape index (κ1) is 59.1. The van der Waals surface area contributed by atoms with Crippen molar-refractivity contribution in [1.29, 1.82) is 0 Å². The Bertz CT molecular complexity index is 3040. The van der Waals surface area contributed by atoms with Crippen LogP contribution in [0.1, 0.15) is 78.9 Å². The molecule has 0 bridgehead atoms. The summed E-state index contributed by atoms with van der Waals surface area (Å²) in [4.78, 5) is 23.5. The Morgan fingerprint density at radius 3 is 1.96 bits per heavy atom. The normalized spacial score (nSPS) is 12.7. The average molecular weight is 1030 g/mol. The van der Waals surface area contributed by atoms with Gasteiger partial charge >= 0.3 is 59.1 Å². The molecule has 5 aromatic carbocycles. The number of ether oxygens (including phenoxy) is 2. The average Bonchev–Trinajstić information content (AvgIpc) is 3.24. The maximum atomic E-state index is 13.6. The molecule has 0 saturated carbocycles. The van der Waals surface area contributed by atoms with Crippen molar-refractivity contribution >= 4 is 75.7 Å². The predicted octanol–water partition coefficient (Wildman–Crippen LogP) is 1.98. The van der Waals surface area contributed by atoms with Crippen LogP contribution in [-0.4, -0.2) is 75.0 Å². The van der Waals surface area contributed by atoms with E-state index in [4.69, 9.17) is 13.7 Å². The van der Waals surface area contributed by atoms with Gasteiger partial charge in [-0.25, -0.2) is 21.0 Å². The number of phenols is 2. The zero-order valence-electron chi connectivity index (χ0n) is 39.5. The summed E-state index contributed by atoms with van der Waals surface area (Å²) >= 11 is 0. The number of anilines is 2. The Labute approximate surface area is 445 Å². The zero-order chi connectivity index (χ0) is 49.7. The SMILES string of the molecule is CCC(C)(C)c1ccc(OC(OS(=O)(=O)CCCOc2ccc(N=Nc3c(S(=O)(=O)[O-])cc4cc(S(=O)(=O)[O-])cc(NC(C)=O)c4c3O)cc2)C(=O)Nc2ccc(O)cc2)c(C(C)(C)CC)c1.[Na+].[Na+]. The van der Waals surface area contributed by atoms with E-state index in [1.807, 2.05) is 32.9 Å². The zero-order valence-corrected chi connectivity index (χ0v) is 46.0. The molecule has 1 atom stereocenters. The number of hydrogen-bond acceptors (Lipinski definition) is 17. The number of fused-ring (bicyclic) bond motifs is 1. The smallest absolute Gasteiger partial charge is 0.744 e. The van der Waals surface area contributed by atoms with Gasteiger partial charge in [-0.15, -0.1) is 5.11 Å². The van der Waals surface area contributed by atoms with Gasteiger partial charge in [0.25, 0.3) is 22.3 Å². The van der Waals surface area contributed by atoms with Crippen LogP contribution in [0.5, 0.6) is 23.0 Å². The van der Waals surface area contributed by atoms with Gasteiger partial charge in [0.05, 0.1) is 33.5 Å². The van der Waals surface area contributed by atoms with E-state index >= 15 is 0 Å². The standard InChI is InChI=1S/C45H52N4O15S3.2Na/c1-8-44(4,5)29-11-20-37(35(25-29)45(6,7)9-2)63-43(42(53)47-30-12-16-32(51)17-13-30)64-65(54,55)22-10-21-62-33-18-14-31(15-19-33)48-49-40-38(67(59,60)61)24-28-23-34(66(56,57)58)26-36(46-27(3)50)39(28)41(40)52;;/h11-20,23-26,43,51-52H,8-10,21-22H2,1-7H3,(H,46,50)(H,47,53)(H,56,57,58)(H,59,60,61);;/q;2*+1/p-2. The fraction of sp³-hybridized carbons (Fsp3) is 0.333. The number of rotatable bonds is 20. The molecule has 0 heterocycles. The Hall–Kier alpha value is -4.17. The Morgan fingerprint density at radius 1 is 0.768 bits per heavy atom. The largest absolute Gasteiger partial charge is 1.00 e. The second-order valence-corrected chi connectivity index (χ2v) is 21.1. The molecule has 69 heavy (non-hydrogen) atoms. The van der Waals surface area contributed by atoms with Crippen LogP contribution in [0.4, 0.5) is 22.7 Å². The van der Waals surface area contributed by atoms with Crippen molar-refractivity contribution < 1.29 is 127 Å². The van der Waals surface area contributed by atoms with Gasteiger partial charge in [0.1, 0.15) is 43.2 Å². The Kier molecular flexibility index (Phi) is 20.4. The molecular weight excluding hydrogens is 979 g/mol. The predicted molar refractivity (Wildman–Crippen MR) is 246 cm³/mol. The van der Waals surface area contributed by atoms with Gasteiger partial charge in [-0.1, -0.05) is 53.7 Å². The minimum absolute atomic E-state index is 0. The third-order valence-electron chi connectivity index (χ3n) is 11.0. The molecule has 5 rings (SSSR count). The van der Waals surface area contributed by atoms with Crippen LogP contribution in [0.3, 0.4) is 0 Å². The molecular formula is C45H50N4Na2O15S3. The van der Waals surface area contributed by atoms with Crippen LogP contribution in [0.15, 0.2) is 105 Å². The molecule has 4 N–H and O–H groups in total. The molecule has 0 spiro atoms. The van der Waals surface area contributed by atoms with Gasteiger partial charge in [-0.2, -0.15) is 13.5 Å².